The van der Waals surface area contributed by atoms with Gasteiger partial charge in [0.2, 0.25) is 0 Å². The minimum Gasteiger partial charge on any atom is -0.322 e. The smallest absolute Gasteiger partial charge is 0.0757 e. The van der Waals surface area contributed by atoms with Crippen molar-refractivity contribution in [2.24, 2.45) is 12.8 Å². The number of hydrogen-bond acceptors (Lipinski definition) is 3. The summed E-state index contributed by atoms with van der Waals surface area (Å²) in [4.78, 5) is 0. The molecule has 2 rings (SSSR count). The molecule has 1 aromatic carbocycles. The van der Waals surface area contributed by atoms with Gasteiger partial charge in [-0.2, -0.15) is 0 Å². The van der Waals surface area contributed by atoms with Gasteiger partial charge in [-0.25, -0.2) is 0 Å². The van der Waals surface area contributed by atoms with E-state index in [1.54, 1.807) is 10.9 Å². The van der Waals surface area contributed by atoms with Gasteiger partial charge in [0, 0.05) is 13.0 Å². The second kappa shape index (κ2) is 5.10. The van der Waals surface area contributed by atoms with Crippen LogP contribution in [-0.2, 0) is 7.05 Å². The molecule has 0 aliphatic heterocycles. The lowest BCUT2D eigenvalue weighted by atomic mass is 9.88. The van der Waals surface area contributed by atoms with Crippen molar-refractivity contribution >= 4 is 0 Å². The number of aryl methyl sites for hydroxylation is 1. The highest BCUT2D eigenvalue weighted by Crippen LogP contribution is 2.30. The molecule has 0 aliphatic rings. The lowest BCUT2D eigenvalue weighted by molar-refractivity contribution is 0.502. The molecule has 2 unspecified atom stereocenters. The van der Waals surface area contributed by atoms with E-state index >= 15 is 0 Å². The number of nitrogens with zero attached hydrogens (tertiary/aromatic N) is 3. The van der Waals surface area contributed by atoms with Gasteiger partial charge in [-0.05, 0) is 12.0 Å². The Balaban J connectivity index is 2.28. The van der Waals surface area contributed by atoms with Crippen molar-refractivity contribution in [1.29, 1.82) is 0 Å². The van der Waals surface area contributed by atoms with Gasteiger partial charge in [0.25, 0.3) is 0 Å². The summed E-state index contributed by atoms with van der Waals surface area (Å²) >= 11 is 0. The van der Waals surface area contributed by atoms with Crippen molar-refractivity contribution in [2.45, 2.75) is 25.3 Å². The predicted molar refractivity (Wildman–Crippen MR) is 67.4 cm³/mol. The van der Waals surface area contributed by atoms with Crippen molar-refractivity contribution in [1.82, 2.24) is 15.0 Å². The van der Waals surface area contributed by atoms with Gasteiger partial charge in [-0.15, -0.1) is 5.10 Å². The summed E-state index contributed by atoms with van der Waals surface area (Å²) in [6.07, 6.45) is 2.74. The van der Waals surface area contributed by atoms with E-state index in [0.717, 1.165) is 12.1 Å². The van der Waals surface area contributed by atoms with Gasteiger partial charge >= 0.3 is 0 Å². The lowest BCUT2D eigenvalue weighted by Crippen LogP contribution is -2.22. The summed E-state index contributed by atoms with van der Waals surface area (Å²) in [7, 11) is 1.87. The summed E-state index contributed by atoms with van der Waals surface area (Å²) in [5.41, 5.74) is 8.57. The fourth-order valence-corrected chi connectivity index (χ4v) is 2.20. The first-order chi connectivity index (χ1) is 8.24. The van der Waals surface area contributed by atoms with E-state index in [0.29, 0.717) is 5.92 Å². The molecule has 2 aromatic rings. The molecule has 0 spiro atoms. The number of benzene rings is 1. The molecule has 0 aliphatic carbocycles. The van der Waals surface area contributed by atoms with E-state index in [1.165, 1.54) is 5.56 Å². The molecule has 0 bridgehead atoms. The Morgan fingerprint density at radius 1 is 1.29 bits per heavy atom. The van der Waals surface area contributed by atoms with Gasteiger partial charge in [-0.1, -0.05) is 42.5 Å². The Morgan fingerprint density at radius 2 is 2.00 bits per heavy atom. The maximum atomic E-state index is 6.33. The van der Waals surface area contributed by atoms with Crippen LogP contribution in [0.5, 0.6) is 0 Å². The van der Waals surface area contributed by atoms with E-state index in [-0.39, 0.29) is 6.04 Å². The average molecular weight is 230 g/mol. The molecule has 1 heterocycles. The molecule has 90 valence electrons. The van der Waals surface area contributed by atoms with Crippen LogP contribution in [0.2, 0.25) is 0 Å². The third-order valence-electron chi connectivity index (χ3n) is 3.19. The van der Waals surface area contributed by atoms with Gasteiger partial charge in [0.05, 0.1) is 17.9 Å². The second-order valence-electron chi connectivity index (χ2n) is 4.23. The summed E-state index contributed by atoms with van der Waals surface area (Å²) in [6.45, 7) is 2.15. The highest BCUT2D eigenvalue weighted by Gasteiger charge is 2.22. The second-order valence-corrected chi connectivity index (χ2v) is 4.23. The molecule has 17 heavy (non-hydrogen) atoms. The van der Waals surface area contributed by atoms with Crippen molar-refractivity contribution < 1.29 is 0 Å². The SMILES string of the molecule is CCC(c1ccccc1)C(N)c1cnnn1C. The monoisotopic (exact) mass is 230 g/mol. The van der Waals surface area contributed by atoms with Crippen LogP contribution < -0.4 is 5.73 Å². The van der Waals surface area contributed by atoms with Gasteiger partial charge in [-0.3, -0.25) is 4.68 Å². The van der Waals surface area contributed by atoms with Crippen LogP contribution in [0.15, 0.2) is 36.5 Å². The molecule has 0 saturated heterocycles. The van der Waals surface area contributed by atoms with Crippen LogP contribution in [0.25, 0.3) is 0 Å². The standard InChI is InChI=1S/C13H18N4/c1-3-11(10-7-5-4-6-8-10)13(14)12-9-15-16-17(12)2/h4-9,11,13H,3,14H2,1-2H3. The molecule has 0 radical (unpaired) electrons. The highest BCUT2D eigenvalue weighted by molar-refractivity contribution is 5.23. The van der Waals surface area contributed by atoms with E-state index in [9.17, 15) is 0 Å². The van der Waals surface area contributed by atoms with Crippen LogP contribution in [0.4, 0.5) is 0 Å². The van der Waals surface area contributed by atoms with Crippen LogP contribution in [0.1, 0.15) is 36.6 Å². The van der Waals surface area contributed by atoms with Crippen LogP contribution in [-0.4, -0.2) is 15.0 Å². The third kappa shape index (κ3) is 2.36. The molecule has 4 nitrogen and oxygen atoms in total. The van der Waals surface area contributed by atoms with Crippen LogP contribution >= 0.6 is 0 Å². The molecule has 0 fully saturated rings. The summed E-state index contributed by atoms with van der Waals surface area (Å²) in [5.74, 6) is 0.299. The fraction of sp³-hybridized carbons (Fsp3) is 0.385. The van der Waals surface area contributed by atoms with Crippen LogP contribution in [0.3, 0.4) is 0 Å². The first kappa shape index (κ1) is 11.8. The molecular formula is C13H18N4. The molecule has 0 amide bonds. The van der Waals surface area contributed by atoms with E-state index in [4.69, 9.17) is 5.73 Å². The largest absolute Gasteiger partial charge is 0.322 e. The van der Waals surface area contributed by atoms with Gasteiger partial charge in [0.15, 0.2) is 0 Å². The average Bonchev–Trinajstić information content (AvgIpc) is 2.77. The number of hydrogen-bond donors (Lipinski definition) is 1. The van der Waals surface area contributed by atoms with E-state index in [1.807, 2.05) is 25.2 Å². The number of rotatable bonds is 4. The van der Waals surface area contributed by atoms with E-state index < -0.39 is 0 Å². The van der Waals surface area contributed by atoms with Crippen molar-refractivity contribution in [3.05, 3.63) is 47.8 Å². The molecular weight excluding hydrogens is 212 g/mol. The minimum absolute atomic E-state index is 0.0672. The molecule has 4 heteroatoms. The zero-order chi connectivity index (χ0) is 12.3. The van der Waals surface area contributed by atoms with Crippen molar-refractivity contribution in [3.63, 3.8) is 0 Å². The zero-order valence-electron chi connectivity index (χ0n) is 10.2. The maximum absolute atomic E-state index is 6.33. The summed E-state index contributed by atoms with van der Waals surface area (Å²) in [6, 6.07) is 10.3. The molecule has 2 atom stereocenters. The first-order valence-electron chi connectivity index (χ1n) is 5.89. The minimum atomic E-state index is -0.0672. The Kier molecular flexibility index (Phi) is 3.54. The van der Waals surface area contributed by atoms with Crippen molar-refractivity contribution in [2.75, 3.05) is 0 Å². The summed E-state index contributed by atoms with van der Waals surface area (Å²) < 4.78 is 1.75. The Hall–Kier alpha value is -1.68. The Bertz CT molecular complexity index is 463. The number of nitrogens with two attached hydrogens (primary N) is 1. The molecule has 1 aromatic heterocycles. The highest BCUT2D eigenvalue weighted by atomic mass is 15.4. The molecule has 0 saturated carbocycles. The van der Waals surface area contributed by atoms with Crippen molar-refractivity contribution in [3.8, 4) is 0 Å². The lowest BCUT2D eigenvalue weighted by Gasteiger charge is -2.22. The first-order valence-corrected chi connectivity index (χ1v) is 5.89. The fourth-order valence-electron chi connectivity index (χ4n) is 2.20. The van der Waals surface area contributed by atoms with Crippen LogP contribution in [0, 0.1) is 0 Å². The van der Waals surface area contributed by atoms with Gasteiger partial charge in [0.1, 0.15) is 0 Å². The third-order valence-corrected chi connectivity index (χ3v) is 3.19. The zero-order valence-corrected chi connectivity index (χ0v) is 10.2. The quantitative estimate of drug-likeness (QED) is 0.874. The Morgan fingerprint density at radius 3 is 2.53 bits per heavy atom. The number of aromatic nitrogens is 3. The Labute approximate surface area is 101 Å². The maximum Gasteiger partial charge on any atom is 0.0757 e. The topological polar surface area (TPSA) is 56.7 Å². The predicted octanol–water partition coefficient (Wildman–Crippen LogP) is 2.01. The summed E-state index contributed by atoms with van der Waals surface area (Å²) in [5, 5.41) is 7.82. The van der Waals surface area contributed by atoms with E-state index in [2.05, 4.69) is 29.4 Å². The normalized spacial score (nSPS) is 14.5. The molecule has 2 N–H and O–H groups in total. The van der Waals surface area contributed by atoms with Gasteiger partial charge < -0.3 is 5.73 Å².